The Kier molecular flexibility index (Phi) is 15.7. The fraction of sp³-hybridized carbons (Fsp3) is 0.211. The van der Waals surface area contributed by atoms with Crippen LogP contribution in [0.15, 0.2) is 103 Å². The normalized spacial score (nSPS) is 12.9. The highest BCUT2D eigenvalue weighted by Crippen LogP contribution is 2.24. The molecule has 0 radical (unpaired) electrons. The van der Waals surface area contributed by atoms with Crippen LogP contribution in [0, 0.1) is 0 Å². The van der Waals surface area contributed by atoms with E-state index >= 15 is 0 Å². The first-order valence-electron chi connectivity index (χ1n) is 17.8. The van der Waals surface area contributed by atoms with Gasteiger partial charge < -0.3 is 20.4 Å². The van der Waals surface area contributed by atoms with E-state index in [4.69, 9.17) is 11.6 Å². The van der Waals surface area contributed by atoms with Gasteiger partial charge in [0.15, 0.2) is 0 Å². The van der Waals surface area contributed by atoms with Crippen molar-refractivity contribution in [2.24, 2.45) is 0 Å². The Balaban J connectivity index is 0.000000224. The van der Waals surface area contributed by atoms with Crippen molar-refractivity contribution in [3.05, 3.63) is 119 Å². The topological polar surface area (TPSA) is 306 Å². The molecule has 6 rings (SSSR count). The van der Waals surface area contributed by atoms with Gasteiger partial charge in [-0.1, -0.05) is 113 Å². The van der Waals surface area contributed by atoms with Crippen molar-refractivity contribution >= 4 is 47.3 Å². The summed E-state index contributed by atoms with van der Waals surface area (Å²) in [5.41, 5.74) is 5.58. The summed E-state index contributed by atoms with van der Waals surface area (Å²) in [5, 5.41) is 73.4. The molecule has 0 fully saturated rings. The summed E-state index contributed by atoms with van der Waals surface area (Å²) in [6.07, 6.45) is 0.374. The van der Waals surface area contributed by atoms with Crippen LogP contribution in [0.1, 0.15) is 11.1 Å². The van der Waals surface area contributed by atoms with Crippen molar-refractivity contribution in [3.63, 3.8) is 0 Å². The Morgan fingerprint density at radius 2 is 0.983 bits per heavy atom. The first-order chi connectivity index (χ1) is 28.5. The first-order valence-corrected chi connectivity index (χ1v) is 18.2. The van der Waals surface area contributed by atoms with Crippen LogP contribution in [0.25, 0.3) is 22.3 Å². The Hall–Kier alpha value is -6.97. The van der Waals surface area contributed by atoms with Gasteiger partial charge in [0, 0.05) is 5.02 Å². The van der Waals surface area contributed by atoms with E-state index in [2.05, 4.69) is 62.5 Å². The molecule has 2 aromatic heterocycles. The number of benzene rings is 4. The molecule has 2 amide bonds. The van der Waals surface area contributed by atoms with Gasteiger partial charge in [-0.3, -0.25) is 40.4 Å². The second kappa shape index (κ2) is 21.5. The molecule has 59 heavy (non-hydrogen) atoms. The number of aliphatic hydroxyl groups is 2. The predicted molar refractivity (Wildman–Crippen MR) is 213 cm³/mol. The zero-order valence-electron chi connectivity index (χ0n) is 30.9. The molecule has 0 unspecified atom stereocenters. The lowest BCUT2D eigenvalue weighted by Gasteiger charge is -2.21. The highest BCUT2D eigenvalue weighted by Gasteiger charge is 2.28. The van der Waals surface area contributed by atoms with E-state index in [-0.39, 0.29) is 24.7 Å². The Morgan fingerprint density at radius 3 is 1.37 bits per heavy atom. The molecule has 10 N–H and O–H groups in total. The smallest absolute Gasteiger partial charge is 0.323 e. The summed E-state index contributed by atoms with van der Waals surface area (Å²) in [7, 11) is 0. The largest absolute Gasteiger partial charge is 0.480 e. The second-order valence-corrected chi connectivity index (χ2v) is 13.2. The van der Waals surface area contributed by atoms with Gasteiger partial charge in [0.25, 0.3) is 0 Å². The summed E-state index contributed by atoms with van der Waals surface area (Å²) in [4.78, 5) is 47.8. The first kappa shape index (κ1) is 43.2. The standard InChI is InChI=1S/C19H19ClN6O4.C19H20N6O4/c20-14-3-1-2-13(9-14)12-6-4-11(5-7-12)8-15(21-16(10-27)18(29)30)17(28)22-19-23-25-26-24-19;26-11-16(18(28)29)20-15(17(27)21-19-22-24-25-23-19)10-12-6-8-14(9-7-12)13-4-2-1-3-5-13/h1-7,9,15-16,21,27H,8,10H2,(H,29,30)(H2,22,23,24,25,26,28);1-9,15-16,20,26H,10-11H2,(H,28,29)(H2,21,22,23,24,25,27)/t2*15-,16-/m00/s1. The molecule has 21 heteroatoms. The minimum absolute atomic E-state index is 0.0268. The molecule has 0 saturated carbocycles. The number of H-pyrrole nitrogens is 2. The summed E-state index contributed by atoms with van der Waals surface area (Å²) in [6.45, 7) is -1.33. The number of amides is 2. The van der Waals surface area contributed by atoms with Gasteiger partial charge in [0.1, 0.15) is 12.1 Å². The van der Waals surface area contributed by atoms with Gasteiger partial charge in [-0.2, -0.15) is 0 Å². The van der Waals surface area contributed by atoms with Crippen LogP contribution < -0.4 is 21.3 Å². The highest BCUT2D eigenvalue weighted by molar-refractivity contribution is 6.30. The van der Waals surface area contributed by atoms with Gasteiger partial charge in [0.05, 0.1) is 25.3 Å². The van der Waals surface area contributed by atoms with E-state index in [1.807, 2.05) is 97.1 Å². The van der Waals surface area contributed by atoms with Crippen LogP contribution in [-0.2, 0) is 32.0 Å². The van der Waals surface area contributed by atoms with E-state index in [0.29, 0.717) is 5.02 Å². The monoisotopic (exact) mass is 826 g/mol. The summed E-state index contributed by atoms with van der Waals surface area (Å²) in [6, 6.07) is 27.8. The van der Waals surface area contributed by atoms with Crippen LogP contribution in [0.3, 0.4) is 0 Å². The van der Waals surface area contributed by atoms with E-state index < -0.39 is 61.1 Å². The number of carbonyl (C=O) groups excluding carboxylic acids is 2. The quantitative estimate of drug-likeness (QED) is 0.0588. The minimum Gasteiger partial charge on any atom is -0.480 e. The SMILES string of the molecule is O=C(O)[C@H](CO)N[C@@H](Cc1ccc(-c2cccc(Cl)c2)cc1)C(=O)Nc1nnn[nH]1.O=C(O)[C@H](CO)N[C@@H](Cc1ccc(-c2ccccc2)cc1)C(=O)Nc1nnn[nH]1. The number of carbonyl (C=O) groups is 4. The Labute approximate surface area is 340 Å². The number of carboxylic acid groups (broad SMARTS) is 2. The molecule has 0 saturated heterocycles. The maximum Gasteiger partial charge on any atom is 0.323 e. The number of tetrazole rings is 2. The molecule has 0 bridgehead atoms. The number of aromatic nitrogens is 8. The molecule has 6 aromatic rings. The Bertz CT molecular complexity index is 2250. The van der Waals surface area contributed by atoms with Gasteiger partial charge in [0.2, 0.25) is 23.7 Å². The molecule has 0 spiro atoms. The van der Waals surface area contributed by atoms with E-state index in [0.717, 1.165) is 33.4 Å². The van der Waals surface area contributed by atoms with Crippen molar-refractivity contribution in [1.29, 1.82) is 0 Å². The van der Waals surface area contributed by atoms with Crippen molar-refractivity contribution in [3.8, 4) is 22.3 Å². The molecular weight excluding hydrogens is 788 g/mol. The molecule has 2 heterocycles. The number of aliphatic carboxylic acids is 2. The zero-order chi connectivity index (χ0) is 42.1. The second-order valence-electron chi connectivity index (χ2n) is 12.7. The number of aliphatic hydroxyl groups excluding tert-OH is 2. The molecular formula is C38H39ClN12O8. The number of carboxylic acids is 2. The maximum atomic E-state index is 12.6. The Morgan fingerprint density at radius 1 is 0.559 bits per heavy atom. The highest BCUT2D eigenvalue weighted by atomic mass is 35.5. The maximum absolute atomic E-state index is 12.6. The number of nitrogens with one attached hydrogen (secondary N) is 6. The van der Waals surface area contributed by atoms with Crippen LogP contribution in [0.4, 0.5) is 11.9 Å². The van der Waals surface area contributed by atoms with Crippen LogP contribution >= 0.6 is 11.6 Å². The van der Waals surface area contributed by atoms with Gasteiger partial charge in [-0.25, -0.2) is 10.2 Å². The number of halogens is 1. The van der Waals surface area contributed by atoms with Crippen molar-refractivity contribution in [2.45, 2.75) is 37.0 Å². The van der Waals surface area contributed by atoms with E-state index in [1.54, 1.807) is 6.07 Å². The fourth-order valence-electron chi connectivity index (χ4n) is 5.61. The number of hydrogen-bond acceptors (Lipinski definition) is 14. The lowest BCUT2D eigenvalue weighted by molar-refractivity contribution is -0.142. The zero-order valence-corrected chi connectivity index (χ0v) is 31.7. The number of aromatic amines is 2. The van der Waals surface area contributed by atoms with E-state index in [9.17, 15) is 39.6 Å². The van der Waals surface area contributed by atoms with Gasteiger partial charge in [-0.15, -0.1) is 0 Å². The predicted octanol–water partition coefficient (Wildman–Crippen LogP) is 1.56. The average molecular weight is 827 g/mol. The van der Waals surface area contributed by atoms with Crippen LogP contribution in [0.2, 0.25) is 5.02 Å². The lowest BCUT2D eigenvalue weighted by Crippen LogP contribution is -2.51. The van der Waals surface area contributed by atoms with Crippen molar-refractivity contribution in [2.75, 3.05) is 23.8 Å². The molecule has 0 aliphatic heterocycles. The summed E-state index contributed by atoms with van der Waals surface area (Å²) >= 11 is 6.04. The van der Waals surface area contributed by atoms with E-state index in [1.165, 1.54) is 0 Å². The molecule has 4 atom stereocenters. The van der Waals surface area contributed by atoms with Gasteiger partial charge in [-0.05, 0) is 79.2 Å². The van der Waals surface area contributed by atoms with Gasteiger partial charge >= 0.3 is 11.9 Å². The average Bonchev–Trinajstić information content (AvgIpc) is 3.97. The fourth-order valence-corrected chi connectivity index (χ4v) is 5.80. The molecule has 4 aromatic carbocycles. The summed E-state index contributed by atoms with van der Waals surface area (Å²) in [5.74, 6) is -3.54. The summed E-state index contributed by atoms with van der Waals surface area (Å²) < 4.78 is 0. The molecule has 20 nitrogen and oxygen atoms in total. The number of hydrogen-bond donors (Lipinski definition) is 10. The van der Waals surface area contributed by atoms with Crippen molar-refractivity contribution in [1.82, 2.24) is 51.9 Å². The van der Waals surface area contributed by atoms with Crippen LogP contribution in [-0.4, -0.2) is 123 Å². The third kappa shape index (κ3) is 13.0. The third-order valence-electron chi connectivity index (χ3n) is 8.63. The number of nitrogens with zero attached hydrogens (tertiary/aromatic N) is 6. The number of anilines is 2. The molecule has 0 aliphatic carbocycles. The lowest BCUT2D eigenvalue weighted by atomic mass is 10.00. The third-order valence-corrected chi connectivity index (χ3v) is 8.86. The van der Waals surface area contributed by atoms with Crippen molar-refractivity contribution < 1.29 is 39.6 Å². The molecule has 0 aliphatic rings. The molecule has 306 valence electrons. The number of rotatable bonds is 18. The minimum atomic E-state index is -1.31. The van der Waals surface area contributed by atoms with Crippen LogP contribution in [0.5, 0.6) is 0 Å².